The molecule has 1 atom stereocenters. The van der Waals surface area contributed by atoms with E-state index in [1.165, 1.54) is 60.5 Å². The lowest BCUT2D eigenvalue weighted by atomic mass is 9.90. The molecule has 2 heterocycles. The van der Waals surface area contributed by atoms with Gasteiger partial charge in [-0.2, -0.15) is 0 Å². The lowest BCUT2D eigenvalue weighted by molar-refractivity contribution is 0.669. The minimum Gasteiger partial charge on any atom is -0.456 e. The van der Waals surface area contributed by atoms with E-state index in [2.05, 4.69) is 205 Å². The summed E-state index contributed by atoms with van der Waals surface area (Å²) in [5.41, 5.74) is 17.5. The molecule has 0 amide bonds. The molecule has 1 unspecified atom stereocenters. The van der Waals surface area contributed by atoms with Crippen molar-refractivity contribution >= 4 is 61.9 Å². The van der Waals surface area contributed by atoms with E-state index in [1.54, 1.807) is 0 Å². The maximum Gasteiger partial charge on any atom is 0.137 e. The molecule has 0 N–H and O–H groups in total. The molecule has 2 nitrogen and oxygen atoms in total. The molecule has 0 bridgehead atoms. The third-order valence-corrected chi connectivity index (χ3v) is 12.7. The van der Waals surface area contributed by atoms with Crippen LogP contribution in [0.25, 0.3) is 66.5 Å². The summed E-state index contributed by atoms with van der Waals surface area (Å²) in [6.07, 6.45) is 5.86. The summed E-state index contributed by atoms with van der Waals surface area (Å²) in [7, 11) is 0. The molecule has 3 heteroatoms. The fourth-order valence-corrected chi connectivity index (χ4v) is 9.86. The van der Waals surface area contributed by atoms with E-state index in [1.807, 2.05) is 17.8 Å². The van der Waals surface area contributed by atoms with Crippen LogP contribution in [0.1, 0.15) is 17.5 Å². The number of thioether (sulfide) groups is 1. The summed E-state index contributed by atoms with van der Waals surface area (Å²) in [6.45, 7) is 0. The first-order valence-electron chi connectivity index (χ1n) is 19.6. The van der Waals surface area contributed by atoms with Gasteiger partial charge in [-0.15, -0.1) is 11.8 Å². The highest BCUT2D eigenvalue weighted by Gasteiger charge is 2.29. The van der Waals surface area contributed by atoms with Gasteiger partial charge < -0.3 is 9.32 Å². The maximum absolute atomic E-state index is 6.40. The van der Waals surface area contributed by atoms with Crippen LogP contribution in [0.15, 0.2) is 216 Å². The van der Waals surface area contributed by atoms with Crippen LogP contribution < -0.4 is 4.90 Å². The number of hydrogen-bond acceptors (Lipinski definition) is 3. The summed E-state index contributed by atoms with van der Waals surface area (Å²) < 4.78 is 6.40. The van der Waals surface area contributed by atoms with Gasteiger partial charge in [0.2, 0.25) is 0 Å². The largest absolute Gasteiger partial charge is 0.456 e. The topological polar surface area (TPSA) is 16.4 Å². The minimum atomic E-state index is 0.500. The quantitative estimate of drug-likeness (QED) is 0.162. The zero-order chi connectivity index (χ0) is 37.7. The van der Waals surface area contributed by atoms with Crippen molar-refractivity contribution in [2.24, 2.45) is 0 Å². The summed E-state index contributed by atoms with van der Waals surface area (Å²) in [5.74, 6) is 0. The van der Waals surface area contributed by atoms with E-state index in [-0.39, 0.29) is 0 Å². The van der Waals surface area contributed by atoms with Gasteiger partial charge in [-0.1, -0.05) is 133 Å². The Morgan fingerprint density at radius 1 is 0.474 bits per heavy atom. The van der Waals surface area contributed by atoms with E-state index < -0.39 is 0 Å². The maximum atomic E-state index is 6.40. The summed E-state index contributed by atoms with van der Waals surface area (Å²) in [5, 5.41) is 2.71. The molecule has 0 saturated carbocycles. The summed E-state index contributed by atoms with van der Waals surface area (Å²) in [4.78, 5) is 3.77. The Labute approximate surface area is 337 Å². The Bertz CT molecular complexity index is 2940. The van der Waals surface area contributed by atoms with Crippen molar-refractivity contribution in [3.63, 3.8) is 0 Å². The molecule has 0 fully saturated rings. The zero-order valence-corrected chi connectivity index (χ0v) is 32.0. The van der Waals surface area contributed by atoms with Gasteiger partial charge in [-0.25, -0.2) is 0 Å². The molecule has 11 rings (SSSR count). The fraction of sp³-hybridized carbons (Fsp3) is 0.0370. The molecular weight excluding hydrogens is 711 g/mol. The van der Waals surface area contributed by atoms with E-state index in [9.17, 15) is 0 Å². The molecule has 1 aliphatic carbocycles. The van der Waals surface area contributed by atoms with E-state index >= 15 is 0 Å². The zero-order valence-electron chi connectivity index (χ0n) is 31.2. The molecule has 1 aliphatic heterocycles. The molecule has 270 valence electrons. The van der Waals surface area contributed by atoms with Crippen LogP contribution in [0.2, 0.25) is 0 Å². The average molecular weight is 748 g/mol. The number of nitrogens with zero attached hydrogens (tertiary/aromatic N) is 1. The van der Waals surface area contributed by atoms with Gasteiger partial charge in [0.05, 0.1) is 11.1 Å². The molecule has 1 aromatic heterocycles. The van der Waals surface area contributed by atoms with Gasteiger partial charge in [0.15, 0.2) is 0 Å². The van der Waals surface area contributed by atoms with Crippen molar-refractivity contribution in [1.29, 1.82) is 0 Å². The van der Waals surface area contributed by atoms with Crippen LogP contribution in [0.4, 0.5) is 17.1 Å². The van der Waals surface area contributed by atoms with E-state index in [0.717, 1.165) is 45.4 Å². The number of furan rings is 1. The lowest BCUT2D eigenvalue weighted by Gasteiger charge is -2.27. The number of allylic oxidation sites excluding steroid dienone is 3. The first kappa shape index (κ1) is 33.5. The third-order valence-electron chi connectivity index (χ3n) is 11.4. The van der Waals surface area contributed by atoms with Gasteiger partial charge in [0.25, 0.3) is 0 Å². The van der Waals surface area contributed by atoms with Crippen LogP contribution in [0, 0.1) is 0 Å². The highest BCUT2D eigenvalue weighted by atomic mass is 32.2. The first-order valence-corrected chi connectivity index (χ1v) is 20.5. The highest BCUT2D eigenvalue weighted by Crippen LogP contribution is 2.50. The number of rotatable bonds is 7. The molecule has 0 saturated heterocycles. The molecular formula is C54H37NOS. The first-order chi connectivity index (χ1) is 28.2. The monoisotopic (exact) mass is 747 g/mol. The predicted molar refractivity (Wildman–Crippen MR) is 241 cm³/mol. The molecule has 0 spiro atoms. The van der Waals surface area contributed by atoms with Gasteiger partial charge in [-0.05, 0) is 135 Å². The van der Waals surface area contributed by atoms with Crippen molar-refractivity contribution < 1.29 is 4.42 Å². The number of benzene rings is 8. The van der Waals surface area contributed by atoms with Crippen molar-refractivity contribution in [3.05, 3.63) is 217 Å². The molecule has 57 heavy (non-hydrogen) atoms. The normalized spacial score (nSPS) is 14.6. The molecule has 2 aliphatic rings. The van der Waals surface area contributed by atoms with Gasteiger partial charge in [-0.3, -0.25) is 0 Å². The second-order valence-corrected chi connectivity index (χ2v) is 16.1. The Hall–Kier alpha value is -6.81. The Balaban J connectivity index is 1.01. The Morgan fingerprint density at radius 2 is 1.04 bits per heavy atom. The Kier molecular flexibility index (Phi) is 8.26. The van der Waals surface area contributed by atoms with Crippen molar-refractivity contribution in [2.45, 2.75) is 16.6 Å². The van der Waals surface area contributed by atoms with Crippen molar-refractivity contribution in [2.75, 3.05) is 4.90 Å². The minimum absolute atomic E-state index is 0.500. The Morgan fingerprint density at radius 3 is 1.72 bits per heavy atom. The SMILES string of the molecule is C1=C(c2ccc(N(c3ccc(-c4cc(-c5ccccc5)cc(-c5ccccc5)c4)cc3)c3cccc4oc5ccccc5c34)cc2)C=C2c3ccccc3SC2C1. The molecule has 9 aromatic rings. The van der Waals surface area contributed by atoms with Crippen LogP contribution in [0.5, 0.6) is 0 Å². The standard InChI is InChI=1S/C54H37NOS/c1-3-12-36(13-4-1)41-32-42(37-14-5-2-6-15-37)34-43(33-41)39-24-29-45(30-25-39)55(49-18-11-20-51-54(49)47-17-7-9-19-50(47)56-51)44-27-22-38(23-28-44)40-26-31-53-48(35-40)46-16-8-10-21-52(46)57-53/h1-30,32-35,53H,31H2. The second-order valence-electron chi connectivity index (χ2n) is 14.8. The van der Waals surface area contributed by atoms with Crippen LogP contribution >= 0.6 is 11.8 Å². The number of para-hydroxylation sites is 1. The molecule has 8 aromatic carbocycles. The van der Waals surface area contributed by atoms with Gasteiger partial charge in [0, 0.05) is 26.9 Å². The smallest absolute Gasteiger partial charge is 0.137 e. The van der Waals surface area contributed by atoms with Crippen LogP contribution in [0.3, 0.4) is 0 Å². The average Bonchev–Trinajstić information content (AvgIpc) is 3.86. The number of fused-ring (bicyclic) bond motifs is 6. The van der Waals surface area contributed by atoms with Crippen LogP contribution in [-0.4, -0.2) is 5.25 Å². The number of hydrogen-bond donors (Lipinski definition) is 0. The van der Waals surface area contributed by atoms with Crippen molar-refractivity contribution in [1.82, 2.24) is 0 Å². The van der Waals surface area contributed by atoms with E-state index in [4.69, 9.17) is 4.42 Å². The predicted octanol–water partition coefficient (Wildman–Crippen LogP) is 15.4. The molecule has 0 radical (unpaired) electrons. The van der Waals surface area contributed by atoms with Gasteiger partial charge >= 0.3 is 0 Å². The summed E-state index contributed by atoms with van der Waals surface area (Å²) in [6, 6.07) is 69.9. The fourth-order valence-electron chi connectivity index (χ4n) is 8.57. The lowest BCUT2D eigenvalue weighted by Crippen LogP contribution is -2.10. The second kappa shape index (κ2) is 14.0. The third kappa shape index (κ3) is 6.08. The van der Waals surface area contributed by atoms with Crippen molar-refractivity contribution in [3.8, 4) is 33.4 Å². The van der Waals surface area contributed by atoms with E-state index in [0.29, 0.717) is 5.25 Å². The summed E-state index contributed by atoms with van der Waals surface area (Å²) >= 11 is 1.99. The number of anilines is 3. The highest BCUT2D eigenvalue weighted by molar-refractivity contribution is 8.00. The van der Waals surface area contributed by atoms with Gasteiger partial charge in [0.1, 0.15) is 11.2 Å². The van der Waals surface area contributed by atoms with Crippen LogP contribution in [-0.2, 0) is 0 Å².